The summed E-state index contributed by atoms with van der Waals surface area (Å²) in [5.41, 5.74) is 5.45. The molecule has 1 aromatic heterocycles. The smallest absolute Gasteiger partial charge is 0.339 e. The number of pyridine rings is 1. The summed E-state index contributed by atoms with van der Waals surface area (Å²) >= 11 is 11.1. The molecule has 0 atom stereocenters. The van der Waals surface area contributed by atoms with Crippen molar-refractivity contribution in [2.75, 3.05) is 5.73 Å². The van der Waals surface area contributed by atoms with Crippen molar-refractivity contribution in [3.05, 3.63) is 62.0 Å². The van der Waals surface area contributed by atoms with Gasteiger partial charge in [-0.15, -0.1) is 0 Å². The fourth-order valence-corrected chi connectivity index (χ4v) is 1.97. The van der Waals surface area contributed by atoms with Crippen molar-refractivity contribution >= 4 is 34.9 Å². The molecule has 5 nitrogen and oxygen atoms in total. The third-order valence-electron chi connectivity index (χ3n) is 2.68. The lowest BCUT2D eigenvalue weighted by atomic mass is 10.1. The van der Waals surface area contributed by atoms with Crippen LogP contribution >= 0.6 is 23.2 Å². The minimum atomic E-state index is -1.13. The number of benzene rings is 1. The van der Waals surface area contributed by atoms with E-state index in [9.17, 15) is 9.59 Å². The molecule has 0 aliphatic rings. The first-order valence-corrected chi connectivity index (χ1v) is 6.59. The summed E-state index contributed by atoms with van der Waals surface area (Å²) in [7, 11) is 1.49. The van der Waals surface area contributed by atoms with Gasteiger partial charge in [0.15, 0.2) is 0 Å². The Bertz CT molecular complexity index is 709. The second kappa shape index (κ2) is 7.15. The number of nitrogen functional groups attached to an aromatic ring is 1. The molecule has 0 saturated heterocycles. The standard InChI is InChI=1S/C8H10N2O3.C6H4Cl2/c1-4-6(9)5(8(12)13)3-10(2)7(4)11;7-5-2-1-3-6(8)4-5/h3H,9H2,1-2H3,(H,12,13);1-4H. The van der Waals surface area contributed by atoms with Crippen LogP contribution in [0.1, 0.15) is 15.9 Å². The Labute approximate surface area is 131 Å². The van der Waals surface area contributed by atoms with Gasteiger partial charge >= 0.3 is 5.97 Å². The Kier molecular flexibility index (Phi) is 5.81. The van der Waals surface area contributed by atoms with E-state index in [0.717, 1.165) is 0 Å². The number of aromatic nitrogens is 1. The summed E-state index contributed by atoms with van der Waals surface area (Å²) in [4.78, 5) is 21.9. The highest BCUT2D eigenvalue weighted by atomic mass is 35.5. The fraction of sp³-hybridized carbons (Fsp3) is 0.143. The zero-order chi connectivity index (χ0) is 16.2. The first-order valence-electron chi connectivity index (χ1n) is 5.84. The first-order chi connectivity index (χ1) is 9.73. The number of carboxylic acids is 1. The molecule has 0 amide bonds. The molecule has 0 bridgehead atoms. The number of hydrogen-bond donors (Lipinski definition) is 2. The molecule has 7 heteroatoms. The molecule has 1 heterocycles. The van der Waals surface area contributed by atoms with Gasteiger partial charge in [0.2, 0.25) is 0 Å². The minimum Gasteiger partial charge on any atom is -0.478 e. The zero-order valence-electron chi connectivity index (χ0n) is 11.4. The Hall–Kier alpha value is -1.98. The van der Waals surface area contributed by atoms with E-state index < -0.39 is 5.97 Å². The molecule has 3 N–H and O–H groups in total. The number of rotatable bonds is 1. The molecule has 2 rings (SSSR count). The minimum absolute atomic E-state index is 0.0376. The number of aryl methyl sites for hydroxylation is 1. The molecule has 0 spiro atoms. The van der Waals surface area contributed by atoms with E-state index in [4.69, 9.17) is 34.0 Å². The average Bonchev–Trinajstić information content (AvgIpc) is 2.40. The van der Waals surface area contributed by atoms with Crippen LogP contribution in [0.3, 0.4) is 0 Å². The number of nitrogens with two attached hydrogens (primary N) is 1. The number of carbonyl (C=O) groups is 1. The quantitative estimate of drug-likeness (QED) is 0.842. The Balaban J connectivity index is 0.000000235. The number of halogens is 2. The van der Waals surface area contributed by atoms with E-state index in [1.54, 1.807) is 18.2 Å². The van der Waals surface area contributed by atoms with Gasteiger partial charge in [-0.25, -0.2) is 4.79 Å². The highest BCUT2D eigenvalue weighted by Crippen LogP contribution is 2.14. The second-order valence-corrected chi connectivity index (χ2v) is 5.12. The van der Waals surface area contributed by atoms with Crippen molar-refractivity contribution in [1.29, 1.82) is 0 Å². The molecule has 0 aliphatic carbocycles. The summed E-state index contributed by atoms with van der Waals surface area (Å²) in [5.74, 6) is -1.13. The monoisotopic (exact) mass is 328 g/mol. The summed E-state index contributed by atoms with van der Waals surface area (Å²) in [6, 6.07) is 7.08. The number of anilines is 1. The Morgan fingerprint density at radius 3 is 2.19 bits per heavy atom. The van der Waals surface area contributed by atoms with Crippen LogP contribution < -0.4 is 11.3 Å². The van der Waals surface area contributed by atoms with E-state index >= 15 is 0 Å². The summed E-state index contributed by atoms with van der Waals surface area (Å²) in [6.45, 7) is 1.50. The van der Waals surface area contributed by atoms with Gasteiger partial charge in [0.25, 0.3) is 5.56 Å². The highest BCUT2D eigenvalue weighted by molar-refractivity contribution is 6.34. The number of hydrogen-bond acceptors (Lipinski definition) is 3. The van der Waals surface area contributed by atoms with Crippen LogP contribution in [0.5, 0.6) is 0 Å². The van der Waals surface area contributed by atoms with E-state index in [1.165, 1.54) is 24.7 Å². The highest BCUT2D eigenvalue weighted by Gasteiger charge is 2.13. The van der Waals surface area contributed by atoms with Crippen molar-refractivity contribution < 1.29 is 9.90 Å². The molecule has 2 aromatic rings. The number of carboxylic acid groups (broad SMARTS) is 1. The Morgan fingerprint density at radius 1 is 1.29 bits per heavy atom. The SMILES string of the molecule is Cc1c(N)c(C(=O)O)cn(C)c1=O.Clc1cccc(Cl)c1. The fourth-order valence-electron chi connectivity index (χ4n) is 1.53. The molecular weight excluding hydrogens is 315 g/mol. The van der Waals surface area contributed by atoms with Crippen molar-refractivity contribution in [3.8, 4) is 0 Å². The van der Waals surface area contributed by atoms with Gasteiger partial charge in [0.05, 0.1) is 11.3 Å². The van der Waals surface area contributed by atoms with Gasteiger partial charge in [-0.05, 0) is 25.1 Å². The van der Waals surface area contributed by atoms with Gasteiger partial charge < -0.3 is 15.4 Å². The van der Waals surface area contributed by atoms with Gasteiger partial charge in [-0.3, -0.25) is 4.79 Å². The third-order valence-corrected chi connectivity index (χ3v) is 3.15. The van der Waals surface area contributed by atoms with Crippen molar-refractivity contribution in [2.24, 2.45) is 7.05 Å². The Morgan fingerprint density at radius 2 is 1.81 bits per heavy atom. The molecule has 0 unspecified atom stereocenters. The van der Waals surface area contributed by atoms with Crippen LogP contribution in [0, 0.1) is 6.92 Å². The lowest BCUT2D eigenvalue weighted by molar-refractivity contribution is 0.0697. The number of nitrogens with zero attached hydrogens (tertiary/aromatic N) is 1. The maximum atomic E-state index is 11.3. The van der Waals surface area contributed by atoms with Crippen LogP contribution in [-0.4, -0.2) is 15.6 Å². The van der Waals surface area contributed by atoms with Gasteiger partial charge in [0.1, 0.15) is 0 Å². The van der Waals surface area contributed by atoms with Gasteiger partial charge in [-0.1, -0.05) is 29.3 Å². The lowest BCUT2D eigenvalue weighted by Gasteiger charge is -2.06. The summed E-state index contributed by atoms with van der Waals surface area (Å²) in [5, 5.41) is 10.1. The van der Waals surface area contributed by atoms with Crippen molar-refractivity contribution in [1.82, 2.24) is 4.57 Å². The average molecular weight is 329 g/mol. The molecular formula is C14H14Cl2N2O3. The zero-order valence-corrected chi connectivity index (χ0v) is 12.9. The third kappa shape index (κ3) is 4.51. The maximum absolute atomic E-state index is 11.3. The molecule has 0 aliphatic heterocycles. The predicted octanol–water partition coefficient (Wildman–Crippen LogP) is 2.97. The van der Waals surface area contributed by atoms with Crippen LogP contribution in [0.25, 0.3) is 0 Å². The van der Waals surface area contributed by atoms with Crippen molar-refractivity contribution in [2.45, 2.75) is 6.92 Å². The second-order valence-electron chi connectivity index (χ2n) is 4.24. The largest absolute Gasteiger partial charge is 0.478 e. The molecule has 21 heavy (non-hydrogen) atoms. The van der Waals surface area contributed by atoms with Crippen LogP contribution in [0.15, 0.2) is 35.3 Å². The molecule has 0 fully saturated rings. The van der Waals surface area contributed by atoms with E-state index in [0.29, 0.717) is 10.0 Å². The van der Waals surface area contributed by atoms with Crippen LogP contribution in [0.2, 0.25) is 10.0 Å². The summed E-state index contributed by atoms with van der Waals surface area (Å²) in [6.07, 6.45) is 1.22. The lowest BCUT2D eigenvalue weighted by Crippen LogP contribution is -2.23. The maximum Gasteiger partial charge on any atom is 0.339 e. The van der Waals surface area contributed by atoms with Crippen LogP contribution in [0.4, 0.5) is 5.69 Å². The normalized spacial score (nSPS) is 9.71. The van der Waals surface area contributed by atoms with Gasteiger partial charge in [-0.2, -0.15) is 0 Å². The predicted molar refractivity (Wildman–Crippen MR) is 84.3 cm³/mol. The van der Waals surface area contributed by atoms with Crippen LogP contribution in [-0.2, 0) is 7.05 Å². The van der Waals surface area contributed by atoms with E-state index in [-0.39, 0.29) is 22.4 Å². The molecule has 112 valence electrons. The van der Waals surface area contributed by atoms with Gasteiger partial charge in [0, 0.05) is 28.9 Å². The van der Waals surface area contributed by atoms with E-state index in [1.807, 2.05) is 6.07 Å². The van der Waals surface area contributed by atoms with E-state index in [2.05, 4.69) is 0 Å². The molecule has 1 aromatic carbocycles. The van der Waals surface area contributed by atoms with Crippen molar-refractivity contribution in [3.63, 3.8) is 0 Å². The summed E-state index contributed by atoms with van der Waals surface area (Å²) < 4.78 is 1.20. The topological polar surface area (TPSA) is 85.3 Å². The molecule has 0 radical (unpaired) electrons. The molecule has 0 saturated carbocycles. The number of aromatic carboxylic acids is 1. The first kappa shape index (κ1) is 17.1.